The lowest BCUT2D eigenvalue weighted by atomic mass is 9.65. The van der Waals surface area contributed by atoms with E-state index in [1.54, 1.807) is 14.0 Å². The fraction of sp³-hybridized carbons (Fsp3) is 0.538. The Hall–Kier alpha value is -3.22. The summed E-state index contributed by atoms with van der Waals surface area (Å²) in [5, 5.41) is 0. The third-order valence-electron chi connectivity index (χ3n) is 9.19. The molecule has 4 unspecified atom stereocenters. The molecule has 0 N–H and O–H groups in total. The average Bonchev–Trinajstić information content (AvgIpc) is 3.96. The zero-order chi connectivity index (χ0) is 33.1. The maximum Gasteiger partial charge on any atom is 0.201 e. The Balaban J connectivity index is 0.000000283. The van der Waals surface area contributed by atoms with Gasteiger partial charge < -0.3 is 14.2 Å². The van der Waals surface area contributed by atoms with E-state index in [-0.39, 0.29) is 29.2 Å². The zero-order valence-corrected chi connectivity index (χ0v) is 27.9. The molecular formula is C39H50F4O3. The van der Waals surface area contributed by atoms with E-state index in [2.05, 4.69) is 26.0 Å². The van der Waals surface area contributed by atoms with Crippen molar-refractivity contribution in [1.82, 2.24) is 0 Å². The molecule has 3 aliphatic rings. The van der Waals surface area contributed by atoms with Gasteiger partial charge in [0.05, 0.1) is 20.3 Å². The van der Waals surface area contributed by atoms with Gasteiger partial charge in [0, 0.05) is 11.1 Å². The largest absolute Gasteiger partial charge is 0.497 e. The van der Waals surface area contributed by atoms with Gasteiger partial charge in [-0.3, -0.25) is 0 Å². The second kappa shape index (κ2) is 17.6. The smallest absolute Gasteiger partial charge is 0.201 e. The SMILES string of the molecule is C1CC1.CCCc1ccc(OC)cc1.CCOc1ccc(-c2ccc(OCC3CCC4CC(C)CCC4C3)c(F)c2F)c(F)c1F. The second-order valence-corrected chi connectivity index (χ2v) is 13.0. The summed E-state index contributed by atoms with van der Waals surface area (Å²) in [5.41, 5.74) is 0.665. The van der Waals surface area contributed by atoms with Crippen molar-refractivity contribution in [2.75, 3.05) is 20.3 Å². The van der Waals surface area contributed by atoms with E-state index in [1.807, 2.05) is 12.1 Å². The van der Waals surface area contributed by atoms with Gasteiger partial charge in [-0.15, -0.1) is 0 Å². The standard InChI is InChI=1S/C26H30F4O2.C10H14O.C3H6/c1-3-31-21-10-8-19(23(27)25(21)29)20-9-11-22(26(30)24(20)28)32-14-16-5-7-17-12-15(2)4-6-18(17)13-16;1-3-4-9-5-7-10(11-2)8-6-9;1-2-3-1/h8-11,15-18H,3-7,12-14H2,1-2H3;5-8H,3-4H2,1-2H3;1-3H2. The predicted octanol–water partition coefficient (Wildman–Crippen LogP) is 11.4. The third kappa shape index (κ3) is 9.89. The van der Waals surface area contributed by atoms with Crippen molar-refractivity contribution in [2.45, 2.75) is 91.4 Å². The van der Waals surface area contributed by atoms with Crippen LogP contribution in [0.15, 0.2) is 48.5 Å². The molecule has 0 amide bonds. The first-order valence-corrected chi connectivity index (χ1v) is 17.1. The van der Waals surface area contributed by atoms with Crippen molar-refractivity contribution in [2.24, 2.45) is 23.7 Å². The van der Waals surface area contributed by atoms with Gasteiger partial charge >= 0.3 is 0 Å². The van der Waals surface area contributed by atoms with Crippen LogP contribution in [0.5, 0.6) is 17.2 Å². The minimum atomic E-state index is -1.28. The van der Waals surface area contributed by atoms with Crippen LogP contribution in [0.1, 0.15) is 90.5 Å². The Morgan fingerprint density at radius 1 is 0.652 bits per heavy atom. The Morgan fingerprint density at radius 2 is 1.22 bits per heavy atom. The first-order valence-electron chi connectivity index (χ1n) is 17.1. The maximum absolute atomic E-state index is 14.8. The molecule has 3 aromatic carbocycles. The summed E-state index contributed by atoms with van der Waals surface area (Å²) in [7, 11) is 1.69. The van der Waals surface area contributed by atoms with Gasteiger partial charge in [0.25, 0.3) is 0 Å². The number of rotatable bonds is 9. The van der Waals surface area contributed by atoms with Crippen molar-refractivity contribution in [3.05, 3.63) is 77.4 Å². The normalized spacial score (nSPS) is 21.5. The Bertz CT molecular complexity index is 1370. The summed E-state index contributed by atoms with van der Waals surface area (Å²) in [5.74, 6) is -1.86. The predicted molar refractivity (Wildman–Crippen MR) is 177 cm³/mol. The molecule has 3 aliphatic carbocycles. The Labute approximate surface area is 272 Å². The summed E-state index contributed by atoms with van der Waals surface area (Å²) < 4.78 is 73.8. The lowest BCUT2D eigenvalue weighted by molar-refractivity contribution is 0.0801. The van der Waals surface area contributed by atoms with Gasteiger partial charge in [-0.25, -0.2) is 8.78 Å². The molecule has 7 heteroatoms. The van der Waals surface area contributed by atoms with Crippen molar-refractivity contribution >= 4 is 0 Å². The van der Waals surface area contributed by atoms with E-state index in [1.165, 1.54) is 81.2 Å². The van der Waals surface area contributed by atoms with E-state index in [0.29, 0.717) is 18.4 Å². The van der Waals surface area contributed by atoms with Crippen LogP contribution >= 0.6 is 0 Å². The molecule has 4 atom stereocenters. The molecule has 0 bridgehead atoms. The average molecular weight is 643 g/mol. The van der Waals surface area contributed by atoms with Crippen molar-refractivity contribution < 1.29 is 31.8 Å². The molecule has 46 heavy (non-hydrogen) atoms. The third-order valence-corrected chi connectivity index (χ3v) is 9.19. The molecule has 0 heterocycles. The molecule has 3 aromatic rings. The quantitative estimate of drug-likeness (QED) is 0.217. The van der Waals surface area contributed by atoms with Crippen molar-refractivity contribution in [1.29, 1.82) is 0 Å². The minimum Gasteiger partial charge on any atom is -0.497 e. The van der Waals surface area contributed by atoms with E-state index >= 15 is 0 Å². The highest BCUT2D eigenvalue weighted by atomic mass is 19.2. The number of fused-ring (bicyclic) bond motifs is 1. The first-order chi connectivity index (χ1) is 22.2. The summed E-state index contributed by atoms with van der Waals surface area (Å²) in [6, 6.07) is 13.1. The van der Waals surface area contributed by atoms with E-state index in [9.17, 15) is 17.6 Å². The van der Waals surface area contributed by atoms with Crippen LogP contribution in [0.4, 0.5) is 17.6 Å². The number of halogens is 4. The molecule has 252 valence electrons. The number of ether oxygens (including phenoxy) is 3. The fourth-order valence-electron chi connectivity index (χ4n) is 6.52. The van der Waals surface area contributed by atoms with Crippen LogP contribution < -0.4 is 14.2 Å². The molecule has 3 fully saturated rings. The lowest BCUT2D eigenvalue weighted by Gasteiger charge is -2.41. The van der Waals surface area contributed by atoms with Crippen LogP contribution in [0.25, 0.3) is 11.1 Å². The van der Waals surface area contributed by atoms with Gasteiger partial charge in [0.2, 0.25) is 11.6 Å². The van der Waals surface area contributed by atoms with E-state index < -0.39 is 23.3 Å². The summed E-state index contributed by atoms with van der Waals surface area (Å²) in [4.78, 5) is 0. The number of methoxy groups -OCH3 is 1. The molecule has 3 nitrogen and oxygen atoms in total. The van der Waals surface area contributed by atoms with Crippen LogP contribution in [0.2, 0.25) is 0 Å². The Kier molecular flexibility index (Phi) is 13.7. The summed E-state index contributed by atoms with van der Waals surface area (Å²) in [6.07, 6.45) is 13.9. The fourth-order valence-corrected chi connectivity index (χ4v) is 6.52. The molecule has 0 aromatic heterocycles. The van der Waals surface area contributed by atoms with Gasteiger partial charge in [-0.05, 0) is 111 Å². The molecule has 6 rings (SSSR count). The van der Waals surface area contributed by atoms with Crippen LogP contribution in [0.3, 0.4) is 0 Å². The lowest BCUT2D eigenvalue weighted by Crippen LogP contribution is -2.32. The maximum atomic E-state index is 14.8. The highest BCUT2D eigenvalue weighted by Gasteiger charge is 2.34. The summed E-state index contributed by atoms with van der Waals surface area (Å²) in [6.45, 7) is 6.64. The van der Waals surface area contributed by atoms with Crippen LogP contribution in [-0.4, -0.2) is 20.3 Å². The molecule has 3 saturated carbocycles. The van der Waals surface area contributed by atoms with E-state index in [4.69, 9.17) is 14.2 Å². The topological polar surface area (TPSA) is 27.7 Å². The number of aryl methyl sites for hydroxylation is 1. The monoisotopic (exact) mass is 642 g/mol. The Morgan fingerprint density at radius 3 is 1.76 bits per heavy atom. The molecule has 0 radical (unpaired) electrons. The van der Waals surface area contributed by atoms with Gasteiger partial charge in [-0.1, -0.05) is 58.1 Å². The van der Waals surface area contributed by atoms with Gasteiger partial charge in [0.1, 0.15) is 5.75 Å². The molecular weight excluding hydrogens is 592 g/mol. The summed E-state index contributed by atoms with van der Waals surface area (Å²) >= 11 is 0. The number of benzene rings is 3. The van der Waals surface area contributed by atoms with Gasteiger partial charge in [0.15, 0.2) is 23.1 Å². The zero-order valence-electron chi connectivity index (χ0n) is 27.9. The highest BCUT2D eigenvalue weighted by molar-refractivity contribution is 5.67. The van der Waals surface area contributed by atoms with Crippen molar-refractivity contribution in [3.63, 3.8) is 0 Å². The van der Waals surface area contributed by atoms with Crippen molar-refractivity contribution in [3.8, 4) is 28.4 Å². The first kappa shape index (κ1) is 35.6. The number of hydrogen-bond acceptors (Lipinski definition) is 3. The van der Waals surface area contributed by atoms with Crippen LogP contribution in [-0.2, 0) is 6.42 Å². The molecule has 0 aliphatic heterocycles. The van der Waals surface area contributed by atoms with Gasteiger partial charge in [-0.2, -0.15) is 8.78 Å². The van der Waals surface area contributed by atoms with Crippen LogP contribution in [0, 0.1) is 46.9 Å². The van der Waals surface area contributed by atoms with E-state index in [0.717, 1.165) is 36.8 Å². The minimum absolute atomic E-state index is 0.159. The second-order valence-electron chi connectivity index (χ2n) is 13.0. The molecule has 0 saturated heterocycles. The number of hydrogen-bond donors (Lipinski definition) is 0. The highest BCUT2D eigenvalue weighted by Crippen LogP contribution is 2.45. The molecule has 0 spiro atoms.